The van der Waals surface area contributed by atoms with Crippen molar-refractivity contribution < 1.29 is 9.21 Å². The number of anilines is 1. The molecule has 2 aliphatic carbocycles. The van der Waals surface area contributed by atoms with Gasteiger partial charge < -0.3 is 15.5 Å². The summed E-state index contributed by atoms with van der Waals surface area (Å²) in [7, 11) is 0. The fraction of sp³-hybridized carbons (Fsp3) is 0.429. The zero-order chi connectivity index (χ0) is 13.0. The van der Waals surface area contributed by atoms with Crippen molar-refractivity contribution in [2.75, 3.05) is 5.32 Å². The van der Waals surface area contributed by atoms with Crippen LogP contribution in [0, 0.1) is 0 Å². The molecule has 0 atom stereocenters. The van der Waals surface area contributed by atoms with Crippen molar-refractivity contribution >= 4 is 35.1 Å². The number of nitrogens with two attached hydrogens (primary N) is 1. The lowest BCUT2D eigenvalue weighted by Crippen LogP contribution is -2.37. The molecule has 0 spiro atoms. The highest BCUT2D eigenvalue weighted by Gasteiger charge is 2.45. The average Bonchev–Trinajstić information content (AvgIpc) is 3.30. The maximum atomic E-state index is 11.9. The summed E-state index contributed by atoms with van der Waals surface area (Å²) in [6, 6.07) is 5.52. The minimum atomic E-state index is -0.655. The number of aromatic nitrogens is 1. The molecule has 6 heteroatoms. The maximum Gasteiger partial charge on any atom is 0.244 e. The van der Waals surface area contributed by atoms with Crippen molar-refractivity contribution in [3.63, 3.8) is 0 Å². The molecular formula is C14H16ClN3O2. The highest BCUT2D eigenvalue weighted by Crippen LogP contribution is 2.40. The Morgan fingerprint density at radius 2 is 2.15 bits per heavy atom. The topological polar surface area (TPSA) is 81.2 Å². The molecule has 0 radical (unpaired) electrons. The third-order valence-corrected chi connectivity index (χ3v) is 3.83. The van der Waals surface area contributed by atoms with Crippen molar-refractivity contribution in [1.82, 2.24) is 4.98 Å². The summed E-state index contributed by atoms with van der Waals surface area (Å²) >= 11 is 0. The van der Waals surface area contributed by atoms with Gasteiger partial charge in [0.1, 0.15) is 5.52 Å². The van der Waals surface area contributed by atoms with Gasteiger partial charge in [0, 0.05) is 11.6 Å². The Hall–Kier alpha value is -1.59. The smallest absolute Gasteiger partial charge is 0.244 e. The van der Waals surface area contributed by atoms with Crippen LogP contribution in [0.1, 0.15) is 37.5 Å². The van der Waals surface area contributed by atoms with Gasteiger partial charge in [-0.25, -0.2) is 4.98 Å². The first-order chi connectivity index (χ1) is 9.14. The van der Waals surface area contributed by atoms with Gasteiger partial charge in [-0.3, -0.25) is 4.79 Å². The number of hydrogen-bond acceptors (Lipinski definition) is 4. The Labute approximate surface area is 122 Å². The van der Waals surface area contributed by atoms with E-state index < -0.39 is 5.54 Å². The van der Waals surface area contributed by atoms with Crippen LogP contribution in [-0.4, -0.2) is 16.4 Å². The van der Waals surface area contributed by atoms with E-state index in [2.05, 4.69) is 10.3 Å². The summed E-state index contributed by atoms with van der Waals surface area (Å²) in [5, 5.41) is 2.85. The summed E-state index contributed by atoms with van der Waals surface area (Å²) in [4.78, 5) is 16.3. The first-order valence-electron chi connectivity index (χ1n) is 6.65. The molecule has 106 valence electrons. The van der Waals surface area contributed by atoms with Crippen molar-refractivity contribution in [2.45, 2.75) is 37.1 Å². The molecule has 2 aliphatic rings. The van der Waals surface area contributed by atoms with Crippen molar-refractivity contribution in [3.05, 3.63) is 24.1 Å². The zero-order valence-corrected chi connectivity index (χ0v) is 11.7. The second-order valence-electron chi connectivity index (χ2n) is 5.62. The number of fused-ring (bicyclic) bond motifs is 1. The van der Waals surface area contributed by atoms with Crippen LogP contribution < -0.4 is 11.1 Å². The van der Waals surface area contributed by atoms with Crippen LogP contribution in [-0.2, 0) is 4.79 Å². The molecule has 1 amide bonds. The number of hydrogen-bond donors (Lipinski definition) is 2. The van der Waals surface area contributed by atoms with Crippen LogP contribution in [0.4, 0.5) is 5.69 Å². The number of nitrogens with zero attached hydrogens (tertiary/aromatic N) is 1. The summed E-state index contributed by atoms with van der Waals surface area (Å²) < 4.78 is 5.68. The molecule has 0 saturated heterocycles. The quantitative estimate of drug-likeness (QED) is 0.911. The van der Waals surface area contributed by atoms with Crippen molar-refractivity contribution in [1.29, 1.82) is 0 Å². The molecule has 4 rings (SSSR count). The minimum Gasteiger partial charge on any atom is -0.440 e. The van der Waals surface area contributed by atoms with Crippen LogP contribution in [0.3, 0.4) is 0 Å². The standard InChI is InChI=1S/C14H15N3O2.ClH/c15-14(5-6-14)13(18)16-9-3-4-11-10(7-9)17-12(19-11)8-1-2-8;/h3-4,7-8H,1-2,5-6,15H2,(H,16,18);1H. The Bertz CT molecular complexity index is 674. The summed E-state index contributed by atoms with van der Waals surface area (Å²) in [5.41, 5.74) is 7.49. The molecule has 0 aliphatic heterocycles. The Balaban J connectivity index is 0.00000121. The van der Waals surface area contributed by atoms with Crippen LogP contribution in [0.2, 0.25) is 0 Å². The Morgan fingerprint density at radius 1 is 1.40 bits per heavy atom. The van der Waals surface area contributed by atoms with Gasteiger partial charge >= 0.3 is 0 Å². The van der Waals surface area contributed by atoms with E-state index in [9.17, 15) is 4.79 Å². The number of benzene rings is 1. The molecule has 2 aromatic rings. The van der Waals surface area contributed by atoms with Crippen LogP contribution >= 0.6 is 12.4 Å². The summed E-state index contributed by atoms with van der Waals surface area (Å²) in [6.07, 6.45) is 3.84. The molecule has 5 nitrogen and oxygen atoms in total. The number of carbonyl (C=O) groups is 1. The van der Waals surface area contributed by atoms with Crippen LogP contribution in [0.25, 0.3) is 11.1 Å². The van der Waals surface area contributed by atoms with Gasteiger partial charge in [-0.2, -0.15) is 0 Å². The summed E-state index contributed by atoms with van der Waals surface area (Å²) in [6.45, 7) is 0. The van der Waals surface area contributed by atoms with Gasteiger partial charge in [0.15, 0.2) is 11.5 Å². The number of amides is 1. The highest BCUT2D eigenvalue weighted by molar-refractivity contribution is 6.00. The number of nitrogens with one attached hydrogen (secondary N) is 1. The lowest BCUT2D eigenvalue weighted by Gasteiger charge is -2.09. The molecular weight excluding hydrogens is 278 g/mol. The first kappa shape index (κ1) is 13.4. The fourth-order valence-corrected chi connectivity index (χ4v) is 2.15. The SMILES string of the molecule is Cl.NC1(C(=O)Nc2ccc3oc(C4CC4)nc3c2)CC1. The molecule has 0 unspecified atom stereocenters. The van der Waals surface area contributed by atoms with E-state index >= 15 is 0 Å². The Kier molecular flexibility index (Phi) is 2.99. The monoisotopic (exact) mass is 293 g/mol. The Morgan fingerprint density at radius 3 is 2.80 bits per heavy atom. The maximum absolute atomic E-state index is 11.9. The van der Waals surface area contributed by atoms with Gasteiger partial charge in [0.05, 0.1) is 5.54 Å². The van der Waals surface area contributed by atoms with Gasteiger partial charge in [-0.05, 0) is 43.9 Å². The van der Waals surface area contributed by atoms with Gasteiger partial charge in [0.2, 0.25) is 5.91 Å². The number of oxazole rings is 1. The molecule has 1 aromatic heterocycles. The second-order valence-corrected chi connectivity index (χ2v) is 5.62. The molecule has 0 bridgehead atoms. The molecule has 1 aromatic carbocycles. The molecule has 20 heavy (non-hydrogen) atoms. The van der Waals surface area contributed by atoms with Crippen LogP contribution in [0.15, 0.2) is 22.6 Å². The highest BCUT2D eigenvalue weighted by atomic mass is 35.5. The lowest BCUT2D eigenvalue weighted by atomic mass is 10.2. The lowest BCUT2D eigenvalue weighted by molar-refractivity contribution is -0.118. The van der Waals surface area contributed by atoms with E-state index in [1.165, 1.54) is 0 Å². The predicted octanol–water partition coefficient (Wildman–Crippen LogP) is 2.56. The van der Waals surface area contributed by atoms with E-state index in [0.717, 1.165) is 48.4 Å². The predicted molar refractivity (Wildman–Crippen MR) is 78.0 cm³/mol. The molecule has 2 fully saturated rings. The number of halogens is 1. The van der Waals surface area contributed by atoms with Gasteiger partial charge in [-0.1, -0.05) is 0 Å². The van der Waals surface area contributed by atoms with Crippen LogP contribution in [0.5, 0.6) is 0 Å². The first-order valence-corrected chi connectivity index (χ1v) is 6.65. The third kappa shape index (κ3) is 2.27. The fourth-order valence-electron chi connectivity index (χ4n) is 2.15. The van der Waals surface area contributed by atoms with E-state index in [4.69, 9.17) is 10.2 Å². The van der Waals surface area contributed by atoms with E-state index in [1.807, 2.05) is 18.2 Å². The van der Waals surface area contributed by atoms with E-state index in [-0.39, 0.29) is 18.3 Å². The summed E-state index contributed by atoms with van der Waals surface area (Å²) in [5.74, 6) is 1.19. The second kappa shape index (κ2) is 4.46. The molecule has 3 N–H and O–H groups in total. The zero-order valence-electron chi connectivity index (χ0n) is 10.9. The molecule has 1 heterocycles. The minimum absolute atomic E-state index is 0. The normalized spacial score (nSPS) is 19.4. The van der Waals surface area contributed by atoms with E-state index in [0.29, 0.717) is 5.92 Å². The van der Waals surface area contributed by atoms with Crippen molar-refractivity contribution in [3.8, 4) is 0 Å². The molecule has 2 saturated carbocycles. The number of carbonyl (C=O) groups excluding carboxylic acids is 1. The largest absolute Gasteiger partial charge is 0.440 e. The van der Waals surface area contributed by atoms with Gasteiger partial charge in [0.25, 0.3) is 0 Å². The van der Waals surface area contributed by atoms with Crippen molar-refractivity contribution in [2.24, 2.45) is 5.73 Å². The third-order valence-electron chi connectivity index (χ3n) is 3.83. The van der Waals surface area contributed by atoms with E-state index in [1.54, 1.807) is 0 Å². The van der Waals surface area contributed by atoms with Gasteiger partial charge in [-0.15, -0.1) is 12.4 Å². The average molecular weight is 294 g/mol. The number of rotatable bonds is 3.